The zero-order chi connectivity index (χ0) is 20.2. The molecule has 0 aliphatic heterocycles. The minimum atomic E-state index is -0.102. The Balaban J connectivity index is 1.40. The monoisotopic (exact) mass is 387 g/mol. The first-order valence-electron chi connectivity index (χ1n) is 9.28. The summed E-state index contributed by atoms with van der Waals surface area (Å²) in [5, 5.41) is 4.03. The van der Waals surface area contributed by atoms with Gasteiger partial charge < -0.3 is 14.0 Å². The Hall–Kier alpha value is -3.74. The van der Waals surface area contributed by atoms with E-state index in [0.29, 0.717) is 23.8 Å². The maximum absolute atomic E-state index is 12.7. The van der Waals surface area contributed by atoms with Gasteiger partial charge in [-0.05, 0) is 30.7 Å². The summed E-state index contributed by atoms with van der Waals surface area (Å²) in [6.45, 7) is 2.97. The Morgan fingerprint density at radius 2 is 2.00 bits per heavy atom. The number of imidazole rings is 1. The lowest BCUT2D eigenvalue weighted by Gasteiger charge is -2.15. The van der Waals surface area contributed by atoms with Crippen LogP contribution in [0.3, 0.4) is 0 Å². The highest BCUT2D eigenvalue weighted by Gasteiger charge is 2.16. The van der Waals surface area contributed by atoms with Gasteiger partial charge in [-0.1, -0.05) is 41.1 Å². The SMILES string of the molecule is Cc1cccc(-c2noc(CN(C)C(=O)c3ccc(Cn4ccnc4)cc3)n2)c1. The zero-order valence-electron chi connectivity index (χ0n) is 16.3. The smallest absolute Gasteiger partial charge is 0.254 e. The van der Waals surface area contributed by atoms with Crippen LogP contribution in [0.25, 0.3) is 11.4 Å². The molecule has 0 fully saturated rings. The van der Waals surface area contributed by atoms with Crippen LogP contribution in [0.4, 0.5) is 0 Å². The highest BCUT2D eigenvalue weighted by Crippen LogP contribution is 2.18. The first kappa shape index (κ1) is 18.6. The van der Waals surface area contributed by atoms with Crippen molar-refractivity contribution < 1.29 is 9.32 Å². The van der Waals surface area contributed by atoms with Crippen LogP contribution >= 0.6 is 0 Å². The number of nitrogens with zero attached hydrogens (tertiary/aromatic N) is 5. The Morgan fingerprint density at radius 3 is 2.72 bits per heavy atom. The van der Waals surface area contributed by atoms with Crippen molar-refractivity contribution in [1.29, 1.82) is 0 Å². The van der Waals surface area contributed by atoms with Crippen LogP contribution in [-0.2, 0) is 13.1 Å². The van der Waals surface area contributed by atoms with Gasteiger partial charge in [-0.25, -0.2) is 4.98 Å². The molecule has 0 unspecified atom stereocenters. The molecule has 7 heteroatoms. The van der Waals surface area contributed by atoms with E-state index in [2.05, 4.69) is 15.1 Å². The summed E-state index contributed by atoms with van der Waals surface area (Å²) in [7, 11) is 1.72. The summed E-state index contributed by atoms with van der Waals surface area (Å²) in [6, 6.07) is 15.4. The highest BCUT2D eigenvalue weighted by atomic mass is 16.5. The summed E-state index contributed by atoms with van der Waals surface area (Å²) in [4.78, 5) is 22.7. The third-order valence-corrected chi connectivity index (χ3v) is 4.59. The highest BCUT2D eigenvalue weighted by molar-refractivity contribution is 5.94. The summed E-state index contributed by atoms with van der Waals surface area (Å²) in [6.07, 6.45) is 5.42. The van der Waals surface area contributed by atoms with E-state index in [1.165, 1.54) is 0 Å². The van der Waals surface area contributed by atoms with Crippen LogP contribution in [0.2, 0.25) is 0 Å². The molecule has 2 heterocycles. The fraction of sp³-hybridized carbons (Fsp3) is 0.182. The van der Waals surface area contributed by atoms with Crippen molar-refractivity contribution in [3.8, 4) is 11.4 Å². The van der Waals surface area contributed by atoms with Crippen LogP contribution in [0, 0.1) is 6.92 Å². The first-order valence-corrected chi connectivity index (χ1v) is 9.28. The molecule has 0 aliphatic carbocycles. The van der Waals surface area contributed by atoms with Crippen LogP contribution in [0.5, 0.6) is 0 Å². The molecule has 0 saturated heterocycles. The molecule has 4 rings (SSSR count). The van der Waals surface area contributed by atoms with E-state index >= 15 is 0 Å². The predicted octanol–water partition coefficient (Wildman–Crippen LogP) is 3.56. The number of aryl methyl sites for hydroxylation is 1. The zero-order valence-corrected chi connectivity index (χ0v) is 16.3. The van der Waals surface area contributed by atoms with Gasteiger partial charge in [0, 0.05) is 37.1 Å². The largest absolute Gasteiger partial charge is 0.337 e. The van der Waals surface area contributed by atoms with Crippen LogP contribution in [-0.4, -0.2) is 37.5 Å². The minimum absolute atomic E-state index is 0.102. The third-order valence-electron chi connectivity index (χ3n) is 4.59. The maximum atomic E-state index is 12.7. The molecule has 1 amide bonds. The van der Waals surface area contributed by atoms with Gasteiger partial charge in [-0.3, -0.25) is 4.79 Å². The van der Waals surface area contributed by atoms with Crippen molar-refractivity contribution in [2.45, 2.75) is 20.0 Å². The van der Waals surface area contributed by atoms with Crippen molar-refractivity contribution in [2.24, 2.45) is 0 Å². The topological polar surface area (TPSA) is 77.0 Å². The van der Waals surface area contributed by atoms with Crippen LogP contribution in [0.15, 0.2) is 71.8 Å². The van der Waals surface area contributed by atoms with Crippen molar-refractivity contribution in [2.75, 3.05) is 7.05 Å². The second kappa shape index (κ2) is 8.10. The Kier molecular flexibility index (Phi) is 5.20. The molecule has 0 aliphatic rings. The van der Waals surface area contributed by atoms with E-state index in [4.69, 9.17) is 4.52 Å². The standard InChI is InChI=1S/C22H21N5O2/c1-16-4-3-5-19(12-16)21-24-20(29-25-21)14-26(2)22(28)18-8-6-17(7-9-18)13-27-11-10-23-15-27/h3-12,15H,13-14H2,1-2H3. The third kappa shape index (κ3) is 4.40. The maximum Gasteiger partial charge on any atom is 0.254 e. The average Bonchev–Trinajstić information content (AvgIpc) is 3.40. The number of carbonyl (C=O) groups is 1. The molecular formula is C22H21N5O2. The van der Waals surface area contributed by atoms with E-state index in [-0.39, 0.29) is 12.5 Å². The molecule has 0 N–H and O–H groups in total. The molecule has 0 bridgehead atoms. The van der Waals surface area contributed by atoms with Gasteiger partial charge in [0.25, 0.3) is 5.91 Å². The van der Waals surface area contributed by atoms with Crippen LogP contribution < -0.4 is 0 Å². The van der Waals surface area contributed by atoms with Gasteiger partial charge in [0.05, 0.1) is 12.9 Å². The number of aromatic nitrogens is 4. The predicted molar refractivity (Wildman–Crippen MR) is 108 cm³/mol. The van der Waals surface area contributed by atoms with Gasteiger partial charge in [-0.2, -0.15) is 4.98 Å². The fourth-order valence-corrected chi connectivity index (χ4v) is 3.06. The Morgan fingerprint density at radius 1 is 1.17 bits per heavy atom. The van der Waals surface area contributed by atoms with Crippen molar-refractivity contribution >= 4 is 5.91 Å². The van der Waals surface area contributed by atoms with Crippen molar-refractivity contribution in [1.82, 2.24) is 24.6 Å². The molecule has 0 atom stereocenters. The fourth-order valence-electron chi connectivity index (χ4n) is 3.06. The quantitative estimate of drug-likeness (QED) is 0.506. The number of benzene rings is 2. The van der Waals surface area contributed by atoms with Gasteiger partial charge >= 0.3 is 0 Å². The number of hydrogen-bond donors (Lipinski definition) is 0. The molecule has 2 aromatic heterocycles. The van der Waals surface area contributed by atoms with Gasteiger partial charge in [0.1, 0.15) is 0 Å². The molecule has 4 aromatic rings. The molecule has 7 nitrogen and oxygen atoms in total. The lowest BCUT2D eigenvalue weighted by Crippen LogP contribution is -2.26. The van der Waals surface area contributed by atoms with E-state index in [1.54, 1.807) is 24.5 Å². The van der Waals surface area contributed by atoms with E-state index in [1.807, 2.05) is 66.2 Å². The molecule has 2 aromatic carbocycles. The Bertz CT molecular complexity index is 1100. The minimum Gasteiger partial charge on any atom is -0.337 e. The second-order valence-corrected chi connectivity index (χ2v) is 6.97. The number of hydrogen-bond acceptors (Lipinski definition) is 5. The van der Waals surface area contributed by atoms with E-state index < -0.39 is 0 Å². The first-order chi connectivity index (χ1) is 14.1. The van der Waals surface area contributed by atoms with E-state index in [0.717, 1.165) is 16.7 Å². The van der Waals surface area contributed by atoms with E-state index in [9.17, 15) is 4.79 Å². The molecule has 0 spiro atoms. The van der Waals surface area contributed by atoms with Crippen LogP contribution in [0.1, 0.15) is 27.4 Å². The molecular weight excluding hydrogens is 366 g/mol. The van der Waals surface area contributed by atoms with Gasteiger partial charge in [0.15, 0.2) is 0 Å². The lowest BCUT2D eigenvalue weighted by atomic mass is 10.1. The molecule has 0 radical (unpaired) electrons. The molecule has 146 valence electrons. The molecule has 0 saturated carbocycles. The van der Waals surface area contributed by atoms with Gasteiger partial charge in [-0.15, -0.1) is 0 Å². The van der Waals surface area contributed by atoms with Gasteiger partial charge in [0.2, 0.25) is 11.7 Å². The van der Waals surface area contributed by atoms with Crippen molar-refractivity contribution in [3.63, 3.8) is 0 Å². The summed E-state index contributed by atoms with van der Waals surface area (Å²) in [5.74, 6) is 0.817. The second-order valence-electron chi connectivity index (χ2n) is 6.97. The lowest BCUT2D eigenvalue weighted by molar-refractivity contribution is 0.0769. The number of amides is 1. The number of rotatable bonds is 6. The average molecular weight is 387 g/mol. The van der Waals surface area contributed by atoms with Crippen molar-refractivity contribution in [3.05, 3.63) is 89.8 Å². The molecule has 29 heavy (non-hydrogen) atoms. The normalized spacial score (nSPS) is 10.8. The summed E-state index contributed by atoms with van der Waals surface area (Å²) < 4.78 is 7.31. The summed E-state index contributed by atoms with van der Waals surface area (Å²) in [5.41, 5.74) is 3.72. The Labute approximate surface area is 168 Å². The summed E-state index contributed by atoms with van der Waals surface area (Å²) >= 11 is 0. The number of carbonyl (C=O) groups excluding carboxylic acids is 1.